The van der Waals surface area contributed by atoms with Gasteiger partial charge in [-0.05, 0) is 212 Å². The minimum atomic E-state index is -5.52. The Morgan fingerprint density at radius 3 is 0.572 bits per heavy atom. The number of amides is 4. The molecule has 0 atom stereocenters. The standard InChI is InChI=1S/C96H74N2O32S8/c1-47(2)71-23-13-24-72(48(3)4)91(71)97-93(99)75-43-79(127-59-27-55(35-67(39-59)135(115,116)117)51-15-9-19-63(31-51)131(103,104)105)85-87-81(129-61-29-57(37-69(41-61)137(121,122)123)53-17-11-21-65(33-53)133(109,110)111)45-77-84-78(96(102)98(95(77)101)92-73(49(5)6)25-14-26-74(92)50(7)8)46-82(130-62-30-58(38-70(42-62)138(124,125)126)54-18-12-22-66(34-54)134(112,113)114)88(90(84)87)86-80(44-76(94(97)100)83(75)89(85)86)128-60-28-56(36-68(40-60)136(118,119)120)52-16-10-20-64(32-52)132(106,107)108/h9-50H,1-8H3,(H,103,104,105)(H,106,107,108)(H,109,110,111)(H,112,113,114)(H,115,116,117)(H,118,119,120)(H,121,122,123)(H,124,125,126). The van der Waals surface area contributed by atoms with E-state index in [0.717, 1.165) is 180 Å². The molecule has 0 saturated carbocycles. The lowest BCUT2D eigenvalue weighted by atomic mass is 9.80. The van der Waals surface area contributed by atoms with Crippen molar-refractivity contribution in [3.05, 3.63) is 275 Å². The summed E-state index contributed by atoms with van der Waals surface area (Å²) in [6.45, 7) is 14.0. The quantitative estimate of drug-likeness (QED) is 0.0108. The van der Waals surface area contributed by atoms with E-state index in [1.54, 1.807) is 91.8 Å². The first-order valence-corrected chi connectivity index (χ1v) is 52.9. The lowest BCUT2D eigenvalue weighted by Gasteiger charge is -2.35. The molecule has 2 aliphatic heterocycles. The number of ether oxygens (including phenoxy) is 4. The number of benzene rings is 15. The van der Waals surface area contributed by atoms with Crippen LogP contribution in [-0.4, -0.2) is 127 Å². The summed E-state index contributed by atoms with van der Waals surface area (Å²) in [5.41, 5.74) is -2.91. The van der Waals surface area contributed by atoms with Crippen molar-refractivity contribution in [3.8, 4) is 90.5 Å². The number of para-hydroxylation sites is 2. The van der Waals surface area contributed by atoms with Gasteiger partial charge in [0.25, 0.3) is 105 Å². The Morgan fingerprint density at radius 2 is 0.391 bits per heavy atom. The molecule has 2 aliphatic rings. The highest BCUT2D eigenvalue weighted by atomic mass is 32.2. The van der Waals surface area contributed by atoms with Crippen molar-refractivity contribution in [2.75, 3.05) is 9.80 Å². The van der Waals surface area contributed by atoms with Gasteiger partial charge in [0.05, 0.1) is 72.8 Å². The average Bonchev–Trinajstić information content (AvgIpc) is 0.666. The molecule has 138 heavy (non-hydrogen) atoms. The largest absolute Gasteiger partial charge is 0.457 e. The van der Waals surface area contributed by atoms with Gasteiger partial charge < -0.3 is 18.9 Å². The molecule has 0 spiro atoms. The van der Waals surface area contributed by atoms with Crippen molar-refractivity contribution < 1.29 is 142 Å². The summed E-state index contributed by atoms with van der Waals surface area (Å²) in [6.07, 6.45) is 0. The molecule has 708 valence electrons. The molecular weight excluding hydrogens is 1950 g/mol. The predicted molar refractivity (Wildman–Crippen MR) is 505 cm³/mol. The lowest BCUT2D eigenvalue weighted by molar-refractivity contribution is 0.0877. The van der Waals surface area contributed by atoms with Gasteiger partial charge in [-0.15, -0.1) is 0 Å². The van der Waals surface area contributed by atoms with E-state index in [4.69, 9.17) is 18.9 Å². The Balaban J connectivity index is 1.15. The third-order valence-corrected chi connectivity index (χ3v) is 30.2. The summed E-state index contributed by atoms with van der Waals surface area (Å²) in [5, 5.41) is -4.34. The van der Waals surface area contributed by atoms with E-state index in [0.29, 0.717) is 22.3 Å². The van der Waals surface area contributed by atoms with Crippen LogP contribution in [0.3, 0.4) is 0 Å². The highest BCUT2D eigenvalue weighted by Gasteiger charge is 2.45. The number of anilines is 2. The fourth-order valence-electron chi connectivity index (χ4n) is 17.4. The molecule has 15 aromatic carbocycles. The van der Waals surface area contributed by atoms with Crippen LogP contribution in [0.1, 0.15) is 143 Å². The smallest absolute Gasteiger partial charge is 0.294 e. The molecule has 0 bridgehead atoms. The third-order valence-electron chi connectivity index (χ3n) is 23.5. The highest BCUT2D eigenvalue weighted by molar-refractivity contribution is 7.87. The van der Waals surface area contributed by atoms with Crippen molar-refractivity contribution in [2.24, 2.45) is 0 Å². The van der Waals surface area contributed by atoms with Crippen LogP contribution in [0.4, 0.5) is 11.4 Å². The van der Waals surface area contributed by atoms with Gasteiger partial charge in [-0.2, -0.15) is 67.3 Å². The molecule has 0 aliphatic carbocycles. The zero-order valence-electron chi connectivity index (χ0n) is 72.8. The van der Waals surface area contributed by atoms with E-state index in [9.17, 15) is 104 Å². The molecular formula is C96H74N2O32S8. The monoisotopic (exact) mass is 2020 g/mol. The first kappa shape index (κ1) is 96.1. The van der Waals surface area contributed by atoms with Gasteiger partial charge in [-0.1, -0.05) is 140 Å². The Morgan fingerprint density at radius 1 is 0.210 bits per heavy atom. The lowest BCUT2D eigenvalue weighted by Crippen LogP contribution is -2.42. The summed E-state index contributed by atoms with van der Waals surface area (Å²) in [5.74, 6) is -12.8. The number of carbonyl (C=O) groups excluding carboxylic acids is 4. The summed E-state index contributed by atoms with van der Waals surface area (Å²) in [6, 6.07) is 41.9. The maximum absolute atomic E-state index is 17.2. The van der Waals surface area contributed by atoms with Crippen LogP contribution in [0, 0.1) is 0 Å². The molecule has 0 unspecified atom stereocenters. The van der Waals surface area contributed by atoms with Crippen molar-refractivity contribution in [1.82, 2.24) is 0 Å². The molecule has 34 nitrogen and oxygen atoms in total. The zero-order chi connectivity index (χ0) is 99.7. The Labute approximate surface area is 788 Å². The van der Waals surface area contributed by atoms with Gasteiger partial charge in [0.1, 0.15) is 46.0 Å². The summed E-state index contributed by atoms with van der Waals surface area (Å²) < 4.78 is 331. The van der Waals surface area contributed by atoms with Crippen molar-refractivity contribution in [1.29, 1.82) is 0 Å². The topological polar surface area (TPSA) is 547 Å². The predicted octanol–water partition coefficient (Wildman–Crippen LogP) is 19.6. The van der Waals surface area contributed by atoms with E-state index in [-0.39, 0.29) is 55.9 Å². The van der Waals surface area contributed by atoms with Crippen molar-refractivity contribution in [3.63, 3.8) is 0 Å². The Bertz CT molecular complexity index is 7940. The van der Waals surface area contributed by atoms with Crippen molar-refractivity contribution in [2.45, 2.75) is 118 Å². The molecule has 17 rings (SSSR count). The number of hydrogen-bond acceptors (Lipinski definition) is 24. The molecule has 0 radical (unpaired) electrons. The minimum absolute atomic E-state index is 0.0000414. The summed E-state index contributed by atoms with van der Waals surface area (Å²) >= 11 is 0. The number of fused-ring (bicyclic) bond motifs is 2. The Hall–Kier alpha value is -13.6. The van der Waals surface area contributed by atoms with Crippen LogP contribution in [-0.2, 0) is 80.9 Å². The van der Waals surface area contributed by atoms with Crippen LogP contribution < -0.4 is 28.7 Å². The number of carbonyl (C=O) groups is 4. The molecule has 2 heterocycles. The van der Waals surface area contributed by atoms with Crippen LogP contribution in [0.5, 0.6) is 46.0 Å². The van der Waals surface area contributed by atoms with Gasteiger partial charge in [0.2, 0.25) is 0 Å². The molecule has 0 saturated heterocycles. The van der Waals surface area contributed by atoms with E-state index in [2.05, 4.69) is 0 Å². The third kappa shape index (κ3) is 17.8. The van der Waals surface area contributed by atoms with Gasteiger partial charge in [0.15, 0.2) is 0 Å². The number of nitrogens with zero attached hydrogens (tertiary/aromatic N) is 2. The van der Waals surface area contributed by atoms with Crippen LogP contribution >= 0.6 is 0 Å². The maximum atomic E-state index is 17.2. The number of imide groups is 2. The molecule has 4 amide bonds. The zero-order valence-corrected chi connectivity index (χ0v) is 79.3. The summed E-state index contributed by atoms with van der Waals surface area (Å²) in [4.78, 5) is 63.2. The fourth-order valence-corrected chi connectivity index (χ4v) is 21.7. The van der Waals surface area contributed by atoms with E-state index in [1.807, 2.05) is 0 Å². The fraction of sp³-hybridized carbons (Fsp3) is 0.125. The van der Waals surface area contributed by atoms with Crippen LogP contribution in [0.2, 0.25) is 0 Å². The van der Waals surface area contributed by atoms with Crippen molar-refractivity contribution >= 4 is 159 Å². The molecule has 0 aromatic heterocycles. The maximum Gasteiger partial charge on any atom is 0.294 e. The number of rotatable bonds is 26. The van der Waals surface area contributed by atoms with Gasteiger partial charge in [0, 0.05) is 67.4 Å². The Kier molecular flexibility index (Phi) is 23.8. The second kappa shape index (κ2) is 34.2. The average molecular weight is 2020 g/mol. The molecule has 15 aromatic rings. The minimum Gasteiger partial charge on any atom is -0.457 e. The van der Waals surface area contributed by atoms with E-state index < -0.39 is 279 Å². The summed E-state index contributed by atoms with van der Waals surface area (Å²) in [7, 11) is -42.4. The molecule has 8 N–H and O–H groups in total. The highest BCUT2D eigenvalue weighted by Crippen LogP contribution is 2.60. The van der Waals surface area contributed by atoms with E-state index in [1.165, 1.54) is 24.3 Å². The number of hydrogen-bond donors (Lipinski definition) is 8. The second-order valence-corrected chi connectivity index (χ2v) is 45.2. The van der Waals surface area contributed by atoms with Crippen LogP contribution in [0.25, 0.3) is 87.6 Å². The normalized spacial score (nSPS) is 13.7. The molecule has 42 heteroatoms. The molecule has 0 fully saturated rings. The van der Waals surface area contributed by atoms with Gasteiger partial charge in [-0.3, -0.25) is 55.6 Å². The first-order chi connectivity index (χ1) is 64.4. The van der Waals surface area contributed by atoms with Gasteiger partial charge in [-0.25, -0.2) is 9.80 Å². The van der Waals surface area contributed by atoms with Gasteiger partial charge >= 0.3 is 0 Å². The SMILES string of the molecule is CC(C)c1cccc(C(C)C)c1N1C(=O)c2cc(Oc3cc(-c4cccc(S(=O)(=O)O)c4)cc(S(=O)(=O)O)c3)c3c4c(Oc5cc(-c6cccc(S(=O)(=O)O)c6)cc(S(=O)(=O)O)c5)cc5c6c(cc(Oc7cc(-c8cccc(S(=O)(=O)O)c8)cc(S(=O)(=O)O)c7)c(c7c(Oc8cc(-c9cccc(S(=O)(=O)O)c9)cc(S(=O)(=O)O)c8)cc(c2c37)C1=O)c64)C(=O)N(c1c(C(C)C)cccc1C(C)C)C5=O. The van der Waals surface area contributed by atoms with Crippen LogP contribution in [0.15, 0.2) is 270 Å². The van der Waals surface area contributed by atoms with E-state index >= 15 is 19.2 Å². The second-order valence-electron chi connectivity index (χ2n) is 33.9. The first-order valence-electron chi connectivity index (χ1n) is 41.3.